The number of hydrogen-bond acceptors (Lipinski definition) is 7. The highest BCUT2D eigenvalue weighted by Crippen LogP contribution is 2.26. The van der Waals surface area contributed by atoms with Crippen molar-refractivity contribution in [3.63, 3.8) is 0 Å². The third kappa shape index (κ3) is 2.44. The number of carbonyl (C=O) groups excluding carboxylic acids is 2. The maximum atomic E-state index is 12.0. The Kier molecular flexibility index (Phi) is 3.26. The maximum absolute atomic E-state index is 12.0. The first-order valence-corrected chi connectivity index (χ1v) is 7.75. The summed E-state index contributed by atoms with van der Waals surface area (Å²) < 4.78 is 25.3. The van der Waals surface area contributed by atoms with Crippen LogP contribution in [-0.2, 0) is 10.0 Å². The van der Waals surface area contributed by atoms with Gasteiger partial charge in [0.1, 0.15) is 4.90 Å². The fourth-order valence-electron chi connectivity index (χ4n) is 2.12. The molecule has 1 aliphatic heterocycles. The van der Waals surface area contributed by atoms with Crippen LogP contribution in [0.5, 0.6) is 5.88 Å². The molecule has 24 heavy (non-hydrogen) atoms. The van der Waals surface area contributed by atoms with Crippen molar-refractivity contribution in [2.24, 2.45) is 0 Å². The Morgan fingerprint density at radius 2 is 1.83 bits per heavy atom. The smallest absolute Gasteiger partial charge is 0.328 e. The van der Waals surface area contributed by atoms with Crippen molar-refractivity contribution in [1.82, 2.24) is 14.7 Å². The predicted octanol–water partition coefficient (Wildman–Crippen LogP) is -1.55. The lowest BCUT2D eigenvalue weighted by molar-refractivity contribution is 0.0983. The average molecular weight is 352 g/mol. The molecule has 2 amide bonds. The van der Waals surface area contributed by atoms with Crippen LogP contribution in [0.3, 0.4) is 0 Å². The summed E-state index contributed by atoms with van der Waals surface area (Å²) in [5.74, 6) is -2.82. The first-order valence-electron chi connectivity index (χ1n) is 6.27. The third-order valence-electron chi connectivity index (χ3n) is 3.15. The molecule has 1 aromatic heterocycles. The second-order valence-corrected chi connectivity index (χ2v) is 6.38. The Labute approximate surface area is 132 Å². The summed E-state index contributed by atoms with van der Waals surface area (Å²) in [6.07, 6.45) is 0. The van der Waals surface area contributed by atoms with Gasteiger partial charge in [-0.1, -0.05) is 0 Å². The van der Waals surface area contributed by atoms with E-state index in [0.717, 1.165) is 6.07 Å². The minimum Gasteiger partial charge on any atom is -0.494 e. The van der Waals surface area contributed by atoms with Crippen LogP contribution >= 0.6 is 0 Å². The van der Waals surface area contributed by atoms with E-state index in [1.54, 1.807) is 9.71 Å². The highest BCUT2D eigenvalue weighted by Gasteiger charge is 2.32. The molecule has 12 heteroatoms. The van der Waals surface area contributed by atoms with Crippen LogP contribution in [0.4, 0.5) is 5.69 Å². The van der Waals surface area contributed by atoms with Crippen molar-refractivity contribution < 1.29 is 23.1 Å². The summed E-state index contributed by atoms with van der Waals surface area (Å²) in [4.78, 5) is 49.3. The van der Waals surface area contributed by atoms with Gasteiger partial charge in [-0.25, -0.2) is 17.9 Å². The number of H-pyrrole nitrogens is 2. The van der Waals surface area contributed by atoms with Gasteiger partial charge in [0, 0.05) is 5.69 Å². The SMILES string of the molecule is O=C1NS(=O)(=O)c2cc(NC(=O)c3c(O)[nH]c(=O)[nH]c3=O)ccc21. The van der Waals surface area contributed by atoms with Crippen molar-refractivity contribution >= 4 is 27.5 Å². The van der Waals surface area contributed by atoms with E-state index >= 15 is 0 Å². The Morgan fingerprint density at radius 3 is 2.50 bits per heavy atom. The molecular weight excluding hydrogens is 344 g/mol. The van der Waals surface area contributed by atoms with Crippen LogP contribution in [0.25, 0.3) is 0 Å². The number of aromatic amines is 2. The first-order chi connectivity index (χ1) is 11.2. The van der Waals surface area contributed by atoms with Crippen LogP contribution < -0.4 is 21.3 Å². The number of fused-ring (bicyclic) bond motifs is 1. The standard InChI is InChI=1S/C12H8N4O7S/c17-8-5-2-1-4(3-6(5)24(22,23)16-8)13-9(18)7-10(19)14-12(21)15-11(7)20/h1-3H,(H,13,18)(H,16,17)(H3,14,15,19,20,21). The topological polar surface area (TPSA) is 178 Å². The highest BCUT2D eigenvalue weighted by molar-refractivity contribution is 7.90. The molecule has 2 heterocycles. The van der Waals surface area contributed by atoms with Gasteiger partial charge in [-0.2, -0.15) is 0 Å². The predicted molar refractivity (Wildman–Crippen MR) is 78.4 cm³/mol. The molecule has 0 radical (unpaired) electrons. The van der Waals surface area contributed by atoms with E-state index in [-0.39, 0.29) is 16.1 Å². The van der Waals surface area contributed by atoms with Crippen molar-refractivity contribution in [2.75, 3.05) is 5.32 Å². The lowest BCUT2D eigenvalue weighted by atomic mass is 10.2. The van der Waals surface area contributed by atoms with Gasteiger partial charge in [0.25, 0.3) is 27.4 Å². The highest BCUT2D eigenvalue weighted by atomic mass is 32.2. The van der Waals surface area contributed by atoms with E-state index < -0.39 is 44.5 Å². The molecule has 124 valence electrons. The zero-order valence-corrected chi connectivity index (χ0v) is 12.4. The Bertz CT molecular complexity index is 1110. The molecule has 0 unspecified atom stereocenters. The largest absolute Gasteiger partial charge is 0.494 e. The Morgan fingerprint density at radius 1 is 1.12 bits per heavy atom. The van der Waals surface area contributed by atoms with Crippen LogP contribution in [0.2, 0.25) is 0 Å². The van der Waals surface area contributed by atoms with Gasteiger partial charge in [-0.05, 0) is 18.2 Å². The lowest BCUT2D eigenvalue weighted by Gasteiger charge is -2.06. The quantitative estimate of drug-likeness (QED) is 0.434. The second-order valence-electron chi connectivity index (χ2n) is 4.73. The number of anilines is 1. The summed E-state index contributed by atoms with van der Waals surface area (Å²) in [6, 6.07) is 3.45. The van der Waals surface area contributed by atoms with Gasteiger partial charge in [0.05, 0.1) is 5.56 Å². The summed E-state index contributed by atoms with van der Waals surface area (Å²) >= 11 is 0. The van der Waals surface area contributed by atoms with Crippen molar-refractivity contribution in [2.45, 2.75) is 4.90 Å². The minimum absolute atomic E-state index is 0.0381. The van der Waals surface area contributed by atoms with Gasteiger partial charge in [0.2, 0.25) is 5.88 Å². The van der Waals surface area contributed by atoms with Gasteiger partial charge >= 0.3 is 5.69 Å². The number of aromatic hydroxyl groups is 1. The molecule has 0 bridgehead atoms. The lowest BCUT2D eigenvalue weighted by Crippen LogP contribution is -2.30. The minimum atomic E-state index is -4.02. The van der Waals surface area contributed by atoms with E-state index in [1.807, 2.05) is 4.98 Å². The van der Waals surface area contributed by atoms with Crippen LogP contribution in [-0.4, -0.2) is 35.3 Å². The Balaban J connectivity index is 1.99. The first kappa shape index (κ1) is 15.5. The summed E-state index contributed by atoms with van der Waals surface area (Å²) in [6.45, 7) is 0. The van der Waals surface area contributed by atoms with Gasteiger partial charge in [-0.3, -0.25) is 24.4 Å². The van der Waals surface area contributed by atoms with E-state index in [0.29, 0.717) is 0 Å². The molecule has 0 saturated heterocycles. The molecule has 1 aromatic carbocycles. The fraction of sp³-hybridized carbons (Fsp3) is 0. The van der Waals surface area contributed by atoms with E-state index in [2.05, 4.69) is 5.32 Å². The molecule has 3 rings (SSSR count). The number of sulfonamides is 1. The van der Waals surface area contributed by atoms with Crippen molar-refractivity contribution in [3.8, 4) is 5.88 Å². The number of hydrogen-bond donors (Lipinski definition) is 5. The molecule has 1 aliphatic rings. The monoisotopic (exact) mass is 352 g/mol. The number of carbonyl (C=O) groups is 2. The van der Waals surface area contributed by atoms with Crippen molar-refractivity contribution in [1.29, 1.82) is 0 Å². The maximum Gasteiger partial charge on any atom is 0.328 e. The van der Waals surface area contributed by atoms with Crippen molar-refractivity contribution in [3.05, 3.63) is 50.2 Å². The molecule has 0 saturated carbocycles. The summed E-state index contributed by atoms with van der Waals surface area (Å²) in [7, 11) is -4.02. The van der Waals surface area contributed by atoms with Crippen LogP contribution in [0.15, 0.2) is 32.7 Å². The molecule has 2 aromatic rings. The molecule has 0 atom stereocenters. The number of rotatable bonds is 2. The zero-order chi connectivity index (χ0) is 17.6. The van der Waals surface area contributed by atoms with Crippen LogP contribution in [0.1, 0.15) is 20.7 Å². The zero-order valence-electron chi connectivity index (χ0n) is 11.5. The fourth-order valence-corrected chi connectivity index (χ4v) is 3.32. The van der Waals surface area contributed by atoms with Gasteiger partial charge in [0.15, 0.2) is 5.56 Å². The summed E-state index contributed by atoms with van der Waals surface area (Å²) in [5.41, 5.74) is -3.00. The third-order valence-corrected chi connectivity index (χ3v) is 4.52. The number of aromatic nitrogens is 2. The van der Waals surface area contributed by atoms with Gasteiger partial charge in [-0.15, -0.1) is 0 Å². The summed E-state index contributed by atoms with van der Waals surface area (Å²) in [5, 5.41) is 11.7. The molecule has 0 fully saturated rings. The molecular formula is C12H8N4O7S. The molecule has 5 N–H and O–H groups in total. The molecule has 0 spiro atoms. The van der Waals surface area contributed by atoms with E-state index in [1.165, 1.54) is 12.1 Å². The average Bonchev–Trinajstić information content (AvgIpc) is 2.67. The number of amides is 2. The number of nitrogens with one attached hydrogen (secondary N) is 4. The van der Waals surface area contributed by atoms with E-state index in [4.69, 9.17) is 0 Å². The van der Waals surface area contributed by atoms with Gasteiger partial charge < -0.3 is 10.4 Å². The van der Waals surface area contributed by atoms with Crippen LogP contribution in [0, 0.1) is 0 Å². The molecule has 0 aliphatic carbocycles. The second kappa shape index (κ2) is 5.06. The molecule has 11 nitrogen and oxygen atoms in total. The Hall–Kier alpha value is -3.41. The van der Waals surface area contributed by atoms with E-state index in [9.17, 15) is 32.7 Å². The normalized spacial score (nSPS) is 14.8. The number of benzene rings is 1.